The summed E-state index contributed by atoms with van der Waals surface area (Å²) in [5.41, 5.74) is 6.92. The molecular weight excluding hydrogens is 216 g/mol. The highest BCUT2D eigenvalue weighted by atomic mass is 16.5. The van der Waals surface area contributed by atoms with Crippen LogP contribution in [-0.4, -0.2) is 39.9 Å². The molecule has 0 aliphatic heterocycles. The number of aliphatic carboxylic acids is 2. The highest BCUT2D eigenvalue weighted by Gasteiger charge is 2.14. The van der Waals surface area contributed by atoms with E-state index in [9.17, 15) is 9.59 Å². The predicted molar refractivity (Wildman–Crippen MR) is 57.2 cm³/mol. The summed E-state index contributed by atoms with van der Waals surface area (Å²) in [6.07, 6.45) is 2.12. The predicted octanol–water partition coefficient (Wildman–Crippen LogP) is 0.0284. The van der Waals surface area contributed by atoms with E-state index in [1.165, 1.54) is 0 Å². The molecule has 0 spiro atoms. The van der Waals surface area contributed by atoms with E-state index in [-0.39, 0.29) is 6.42 Å². The fraction of sp³-hybridized carbons (Fsp3) is 0.778. The molecule has 7 nitrogen and oxygen atoms in total. The number of unbranched alkanes of at least 4 members (excludes halogenated alkanes) is 1. The molecule has 0 amide bonds. The summed E-state index contributed by atoms with van der Waals surface area (Å²) in [5.74, 6) is -1.78. The van der Waals surface area contributed by atoms with Crippen LogP contribution in [0.3, 0.4) is 0 Å². The molecule has 7 heteroatoms. The molecule has 0 aromatic rings. The van der Waals surface area contributed by atoms with Crippen molar-refractivity contribution in [3.8, 4) is 0 Å². The van der Waals surface area contributed by atoms with E-state index < -0.39 is 18.0 Å². The minimum absolute atomic E-state index is 0.222. The Bertz CT molecular complexity index is 198. The van der Waals surface area contributed by atoms with Gasteiger partial charge in [-0.05, 0) is 25.8 Å². The van der Waals surface area contributed by atoms with Crippen molar-refractivity contribution in [1.29, 1.82) is 0 Å². The van der Waals surface area contributed by atoms with Gasteiger partial charge in [-0.3, -0.25) is 9.59 Å². The Morgan fingerprint density at radius 2 is 1.81 bits per heavy atom. The van der Waals surface area contributed by atoms with Gasteiger partial charge in [0.1, 0.15) is 6.04 Å². The second-order valence-corrected chi connectivity index (χ2v) is 3.05. The van der Waals surface area contributed by atoms with Crippen LogP contribution >= 0.6 is 0 Å². The molecule has 0 aromatic heterocycles. The van der Waals surface area contributed by atoms with Crippen LogP contribution in [-0.2, 0) is 9.59 Å². The van der Waals surface area contributed by atoms with Gasteiger partial charge >= 0.3 is 11.9 Å². The minimum atomic E-state index is -1.04. The molecule has 0 rings (SSSR count). The molecule has 0 bridgehead atoms. The van der Waals surface area contributed by atoms with Crippen molar-refractivity contribution in [1.82, 2.24) is 5.48 Å². The molecule has 0 aliphatic carbocycles. The fourth-order valence-electron chi connectivity index (χ4n) is 0.736. The average molecular weight is 236 g/mol. The summed E-state index contributed by atoms with van der Waals surface area (Å²) in [4.78, 5) is 19.6. The van der Waals surface area contributed by atoms with Gasteiger partial charge in [0.05, 0.1) is 0 Å². The van der Waals surface area contributed by atoms with E-state index >= 15 is 0 Å². The van der Waals surface area contributed by atoms with Gasteiger partial charge in [0, 0.05) is 6.42 Å². The van der Waals surface area contributed by atoms with Crippen molar-refractivity contribution in [2.24, 2.45) is 5.73 Å². The van der Waals surface area contributed by atoms with Gasteiger partial charge in [-0.25, -0.2) is 0 Å². The molecule has 16 heavy (non-hydrogen) atoms. The minimum Gasteiger partial charge on any atom is -0.481 e. The first-order valence-corrected chi connectivity index (χ1v) is 5.03. The van der Waals surface area contributed by atoms with E-state index in [0.29, 0.717) is 19.4 Å². The lowest BCUT2D eigenvalue weighted by atomic mass is 10.1. The number of hydrogen-bond donors (Lipinski definition) is 5. The number of carbonyl (C=O) groups is 2. The third-order valence-electron chi connectivity index (χ3n) is 1.70. The van der Waals surface area contributed by atoms with E-state index in [4.69, 9.17) is 21.2 Å². The molecule has 0 saturated heterocycles. The molecule has 0 radical (unpaired) electrons. The van der Waals surface area contributed by atoms with Crippen LogP contribution in [0.4, 0.5) is 0 Å². The summed E-state index contributed by atoms with van der Waals surface area (Å²) >= 11 is 0. The van der Waals surface area contributed by atoms with E-state index in [1.54, 1.807) is 12.4 Å². The Hall–Kier alpha value is -1.18. The fourth-order valence-corrected chi connectivity index (χ4v) is 0.736. The lowest BCUT2D eigenvalue weighted by Crippen LogP contribution is -2.34. The average Bonchev–Trinajstić information content (AvgIpc) is 2.24. The summed E-state index contributed by atoms with van der Waals surface area (Å²) in [6.45, 7) is 2.15. The molecule has 6 N–H and O–H groups in total. The van der Waals surface area contributed by atoms with Crippen LogP contribution in [0.5, 0.6) is 0 Å². The zero-order valence-electron chi connectivity index (χ0n) is 9.35. The quantitative estimate of drug-likeness (QED) is 0.311. The van der Waals surface area contributed by atoms with Crippen molar-refractivity contribution >= 4 is 11.9 Å². The van der Waals surface area contributed by atoms with Crippen LogP contribution in [0.15, 0.2) is 0 Å². The van der Waals surface area contributed by atoms with Crippen molar-refractivity contribution < 1.29 is 25.0 Å². The van der Waals surface area contributed by atoms with Gasteiger partial charge in [-0.2, -0.15) is 5.48 Å². The summed E-state index contributed by atoms with van der Waals surface area (Å²) in [6, 6.07) is -0.860. The standard InChI is InChI=1S/C6H14N2O3.C3H6O2/c7-4-2-1-3-5(8-11)6(9)10;1-2-3(4)5/h5,8,11H,1-4,7H2,(H,9,10);2H2,1H3,(H,4,5). The summed E-state index contributed by atoms with van der Waals surface area (Å²) in [7, 11) is 0. The van der Waals surface area contributed by atoms with Crippen molar-refractivity contribution in [3.63, 3.8) is 0 Å². The van der Waals surface area contributed by atoms with Gasteiger partial charge < -0.3 is 21.2 Å². The third-order valence-corrected chi connectivity index (χ3v) is 1.70. The molecule has 1 unspecified atom stereocenters. The monoisotopic (exact) mass is 236 g/mol. The molecule has 1 atom stereocenters. The van der Waals surface area contributed by atoms with Crippen molar-refractivity contribution in [2.75, 3.05) is 6.54 Å². The molecule has 96 valence electrons. The van der Waals surface area contributed by atoms with E-state index in [2.05, 4.69) is 0 Å². The van der Waals surface area contributed by atoms with Crippen LogP contribution < -0.4 is 11.2 Å². The van der Waals surface area contributed by atoms with Gasteiger partial charge in [-0.15, -0.1) is 0 Å². The molecule has 0 aliphatic rings. The van der Waals surface area contributed by atoms with Gasteiger partial charge in [0.25, 0.3) is 0 Å². The second-order valence-electron chi connectivity index (χ2n) is 3.05. The highest BCUT2D eigenvalue weighted by Crippen LogP contribution is 1.99. The molecule has 0 heterocycles. The Labute approximate surface area is 94.2 Å². The topological polar surface area (TPSA) is 133 Å². The largest absolute Gasteiger partial charge is 0.481 e. The molecular formula is C9H20N2O5. The first kappa shape index (κ1) is 17.2. The first-order valence-electron chi connectivity index (χ1n) is 5.03. The molecule has 0 saturated carbocycles. The number of hydroxylamine groups is 1. The Kier molecular flexibility index (Phi) is 12.8. The van der Waals surface area contributed by atoms with E-state index in [1.807, 2.05) is 0 Å². The highest BCUT2D eigenvalue weighted by molar-refractivity contribution is 5.73. The van der Waals surface area contributed by atoms with Crippen molar-refractivity contribution in [2.45, 2.75) is 38.6 Å². The maximum Gasteiger partial charge on any atom is 0.323 e. The maximum atomic E-state index is 10.3. The Morgan fingerprint density at radius 1 is 1.31 bits per heavy atom. The third kappa shape index (κ3) is 12.8. The normalized spacial score (nSPS) is 11.2. The zero-order valence-corrected chi connectivity index (χ0v) is 9.35. The zero-order chi connectivity index (χ0) is 13.0. The molecule has 0 fully saturated rings. The maximum absolute atomic E-state index is 10.3. The van der Waals surface area contributed by atoms with Crippen LogP contribution in [0.2, 0.25) is 0 Å². The SMILES string of the molecule is CCC(=O)O.NCCCCC(NO)C(=O)O. The second kappa shape index (κ2) is 11.9. The van der Waals surface area contributed by atoms with Gasteiger partial charge in [0.15, 0.2) is 0 Å². The van der Waals surface area contributed by atoms with Crippen molar-refractivity contribution in [3.05, 3.63) is 0 Å². The van der Waals surface area contributed by atoms with Crippen LogP contribution in [0, 0.1) is 0 Å². The van der Waals surface area contributed by atoms with Crippen LogP contribution in [0.25, 0.3) is 0 Å². The molecule has 0 aromatic carbocycles. The summed E-state index contributed by atoms with van der Waals surface area (Å²) in [5, 5.41) is 24.5. The lowest BCUT2D eigenvalue weighted by Gasteiger charge is -2.08. The number of hydrogen-bond acceptors (Lipinski definition) is 5. The van der Waals surface area contributed by atoms with Gasteiger partial charge in [-0.1, -0.05) is 6.92 Å². The van der Waals surface area contributed by atoms with Crippen LogP contribution in [0.1, 0.15) is 32.6 Å². The number of nitrogens with one attached hydrogen (secondary N) is 1. The van der Waals surface area contributed by atoms with E-state index in [0.717, 1.165) is 6.42 Å². The number of carboxylic acids is 2. The number of nitrogens with two attached hydrogens (primary N) is 1. The lowest BCUT2D eigenvalue weighted by molar-refractivity contribution is -0.142. The number of carboxylic acid groups (broad SMARTS) is 2. The first-order chi connectivity index (χ1) is 7.49. The number of rotatable bonds is 7. The van der Waals surface area contributed by atoms with Gasteiger partial charge in [0.2, 0.25) is 0 Å². The summed E-state index contributed by atoms with van der Waals surface area (Å²) < 4.78 is 0. The Morgan fingerprint density at radius 3 is 2.06 bits per heavy atom. The smallest absolute Gasteiger partial charge is 0.323 e. The Balaban J connectivity index is 0.